The fourth-order valence-corrected chi connectivity index (χ4v) is 3.08. The summed E-state index contributed by atoms with van der Waals surface area (Å²) in [6, 6.07) is 19.7. The van der Waals surface area contributed by atoms with Crippen molar-refractivity contribution in [3.63, 3.8) is 0 Å². The van der Waals surface area contributed by atoms with Crippen molar-refractivity contribution in [2.45, 2.75) is 13.2 Å². The van der Waals surface area contributed by atoms with Crippen LogP contribution in [0.3, 0.4) is 0 Å². The Hall–Kier alpha value is -3.22. The Labute approximate surface area is 183 Å². The lowest BCUT2D eigenvalue weighted by molar-refractivity contribution is 0.0992. The molecule has 0 aliphatic carbocycles. The summed E-state index contributed by atoms with van der Waals surface area (Å²) in [5.74, 6) is 1.26. The summed E-state index contributed by atoms with van der Waals surface area (Å²) in [7, 11) is 0. The third-order valence-corrected chi connectivity index (χ3v) is 4.80. The first-order chi connectivity index (χ1) is 14.6. The largest absolute Gasteiger partial charge is 0.484 e. The summed E-state index contributed by atoms with van der Waals surface area (Å²) in [6.45, 7) is 0.726. The van der Waals surface area contributed by atoms with E-state index in [1.165, 1.54) is 0 Å². The number of carbonyl (C=O) groups excluding carboxylic acids is 1. The molecule has 0 saturated carbocycles. The molecule has 2 aromatic carbocycles. The quantitative estimate of drug-likeness (QED) is 0.401. The molecule has 0 saturated heterocycles. The molecule has 152 valence electrons. The third-order valence-electron chi connectivity index (χ3n) is 4.23. The smallest absolute Gasteiger partial charge is 0.292 e. The lowest BCUT2D eigenvalue weighted by Gasteiger charge is -2.05. The lowest BCUT2D eigenvalue weighted by Crippen LogP contribution is -2.12. The van der Waals surface area contributed by atoms with Gasteiger partial charge in [0.25, 0.3) is 5.91 Å². The van der Waals surface area contributed by atoms with Gasteiger partial charge in [-0.2, -0.15) is 5.10 Å². The molecule has 0 bridgehead atoms. The Balaban J connectivity index is 1.34. The fraction of sp³-hybridized carbons (Fsp3) is 0.0909. The maximum atomic E-state index is 12.4. The van der Waals surface area contributed by atoms with Crippen LogP contribution in [-0.2, 0) is 13.2 Å². The van der Waals surface area contributed by atoms with Gasteiger partial charge >= 0.3 is 0 Å². The molecular weight excluding hydrogens is 425 g/mol. The molecule has 30 heavy (non-hydrogen) atoms. The first-order valence-corrected chi connectivity index (χ1v) is 9.88. The summed E-state index contributed by atoms with van der Waals surface area (Å²) in [5.41, 5.74) is 1.05. The van der Waals surface area contributed by atoms with Crippen LogP contribution < -0.4 is 10.1 Å². The standard InChI is InChI=1S/C22H17Cl2N3O3/c23-16-7-5-15(6-8-16)13-27-12-11-21(26-27)25-22(28)20-10-9-17(30-20)14-29-19-4-2-1-3-18(19)24/h1-12H,13-14H2,(H,25,26,28). The molecule has 1 amide bonds. The molecule has 0 radical (unpaired) electrons. The van der Waals surface area contributed by atoms with Gasteiger partial charge in [-0.1, -0.05) is 47.5 Å². The minimum atomic E-state index is -0.393. The van der Waals surface area contributed by atoms with Crippen molar-refractivity contribution in [1.82, 2.24) is 9.78 Å². The predicted molar refractivity (Wildman–Crippen MR) is 115 cm³/mol. The van der Waals surface area contributed by atoms with Crippen LogP contribution in [-0.4, -0.2) is 15.7 Å². The molecule has 2 heterocycles. The van der Waals surface area contributed by atoms with E-state index < -0.39 is 5.91 Å². The minimum Gasteiger partial charge on any atom is -0.484 e. The van der Waals surface area contributed by atoms with E-state index >= 15 is 0 Å². The van der Waals surface area contributed by atoms with Gasteiger partial charge in [0.1, 0.15) is 18.1 Å². The minimum absolute atomic E-state index is 0.159. The van der Waals surface area contributed by atoms with Gasteiger partial charge in [0.15, 0.2) is 11.6 Å². The highest BCUT2D eigenvalue weighted by Gasteiger charge is 2.13. The van der Waals surface area contributed by atoms with Crippen molar-refractivity contribution in [1.29, 1.82) is 0 Å². The van der Waals surface area contributed by atoms with Crippen molar-refractivity contribution in [2.75, 3.05) is 5.32 Å². The number of anilines is 1. The Morgan fingerprint density at radius 2 is 1.83 bits per heavy atom. The van der Waals surface area contributed by atoms with Crippen LogP contribution in [0, 0.1) is 0 Å². The van der Waals surface area contributed by atoms with Gasteiger partial charge in [0.2, 0.25) is 0 Å². The molecular formula is C22H17Cl2N3O3. The van der Waals surface area contributed by atoms with Gasteiger partial charge in [-0.05, 0) is 42.0 Å². The Bertz CT molecular complexity index is 1150. The number of para-hydroxylation sites is 1. The zero-order chi connectivity index (χ0) is 20.9. The predicted octanol–water partition coefficient (Wildman–Crippen LogP) is 5.66. The lowest BCUT2D eigenvalue weighted by atomic mass is 10.2. The SMILES string of the molecule is O=C(Nc1ccn(Cc2ccc(Cl)cc2)n1)c1ccc(COc2ccccc2Cl)o1. The number of furan rings is 1. The summed E-state index contributed by atoms with van der Waals surface area (Å²) in [6.07, 6.45) is 1.79. The maximum Gasteiger partial charge on any atom is 0.292 e. The zero-order valence-electron chi connectivity index (χ0n) is 15.7. The number of rotatable bonds is 7. The Morgan fingerprint density at radius 1 is 1.03 bits per heavy atom. The normalized spacial score (nSPS) is 10.7. The first kappa shape index (κ1) is 20.1. The van der Waals surface area contributed by atoms with Gasteiger partial charge < -0.3 is 14.5 Å². The fourth-order valence-electron chi connectivity index (χ4n) is 2.76. The number of ether oxygens (including phenoxy) is 1. The van der Waals surface area contributed by atoms with Crippen molar-refractivity contribution in [2.24, 2.45) is 0 Å². The second-order valence-corrected chi connectivity index (χ2v) is 7.31. The van der Waals surface area contributed by atoms with Crippen LogP contribution >= 0.6 is 23.2 Å². The van der Waals surface area contributed by atoms with Crippen molar-refractivity contribution in [3.8, 4) is 5.75 Å². The molecule has 0 aliphatic heterocycles. The van der Waals surface area contributed by atoms with Crippen molar-refractivity contribution in [3.05, 3.63) is 100 Å². The van der Waals surface area contributed by atoms with Crippen LogP contribution in [0.2, 0.25) is 10.0 Å². The number of amides is 1. The molecule has 4 aromatic rings. The summed E-state index contributed by atoms with van der Waals surface area (Å²) in [5, 5.41) is 8.27. The highest BCUT2D eigenvalue weighted by Crippen LogP contribution is 2.24. The second-order valence-electron chi connectivity index (χ2n) is 6.46. The number of halogens is 2. The van der Waals surface area contributed by atoms with Crippen molar-refractivity contribution < 1.29 is 13.9 Å². The molecule has 0 spiro atoms. The highest BCUT2D eigenvalue weighted by atomic mass is 35.5. The topological polar surface area (TPSA) is 69.3 Å². The van der Waals surface area contributed by atoms with E-state index in [1.807, 2.05) is 36.4 Å². The molecule has 0 fully saturated rings. The molecule has 6 nitrogen and oxygen atoms in total. The third kappa shape index (κ3) is 5.03. The van der Waals surface area contributed by atoms with E-state index in [2.05, 4.69) is 10.4 Å². The van der Waals surface area contributed by atoms with E-state index in [4.69, 9.17) is 32.4 Å². The number of benzene rings is 2. The number of hydrogen-bond acceptors (Lipinski definition) is 4. The van der Waals surface area contributed by atoms with Gasteiger partial charge in [-0.25, -0.2) is 0 Å². The Kier molecular flexibility index (Phi) is 6.07. The van der Waals surface area contributed by atoms with Gasteiger partial charge in [0, 0.05) is 17.3 Å². The number of nitrogens with one attached hydrogen (secondary N) is 1. The second kappa shape index (κ2) is 9.07. The van der Waals surface area contributed by atoms with Crippen LogP contribution in [0.25, 0.3) is 0 Å². The summed E-state index contributed by atoms with van der Waals surface area (Å²) >= 11 is 12.0. The van der Waals surface area contributed by atoms with Crippen LogP contribution in [0.1, 0.15) is 21.9 Å². The number of aromatic nitrogens is 2. The zero-order valence-corrected chi connectivity index (χ0v) is 17.2. The number of nitrogens with zero attached hydrogens (tertiary/aromatic N) is 2. The van der Waals surface area contributed by atoms with Gasteiger partial charge in [0.05, 0.1) is 11.6 Å². The summed E-state index contributed by atoms with van der Waals surface area (Å²) < 4.78 is 12.9. The molecule has 1 N–H and O–H groups in total. The first-order valence-electron chi connectivity index (χ1n) is 9.12. The molecule has 0 aliphatic rings. The van der Waals surface area contributed by atoms with Crippen LogP contribution in [0.15, 0.2) is 77.3 Å². The highest BCUT2D eigenvalue weighted by molar-refractivity contribution is 6.32. The van der Waals surface area contributed by atoms with E-state index in [9.17, 15) is 4.79 Å². The Morgan fingerprint density at radius 3 is 2.63 bits per heavy atom. The number of carbonyl (C=O) groups is 1. The summed E-state index contributed by atoms with van der Waals surface area (Å²) in [4.78, 5) is 12.4. The molecule has 8 heteroatoms. The maximum absolute atomic E-state index is 12.4. The van der Waals surface area contributed by atoms with E-state index in [0.717, 1.165) is 5.56 Å². The molecule has 0 atom stereocenters. The average molecular weight is 442 g/mol. The molecule has 0 unspecified atom stereocenters. The van der Waals surface area contributed by atoms with E-state index in [1.54, 1.807) is 41.2 Å². The molecule has 4 rings (SSSR count). The molecule has 2 aromatic heterocycles. The van der Waals surface area contributed by atoms with Crippen LogP contribution in [0.4, 0.5) is 5.82 Å². The monoisotopic (exact) mass is 441 g/mol. The number of hydrogen-bond donors (Lipinski definition) is 1. The van der Waals surface area contributed by atoms with Crippen molar-refractivity contribution >= 4 is 34.9 Å². The van der Waals surface area contributed by atoms with Gasteiger partial charge in [-0.3, -0.25) is 9.48 Å². The average Bonchev–Trinajstić information content (AvgIpc) is 3.39. The van der Waals surface area contributed by atoms with Crippen LogP contribution in [0.5, 0.6) is 5.75 Å². The van der Waals surface area contributed by atoms with E-state index in [-0.39, 0.29) is 12.4 Å². The van der Waals surface area contributed by atoms with E-state index in [0.29, 0.717) is 33.9 Å². The van der Waals surface area contributed by atoms with Gasteiger partial charge in [-0.15, -0.1) is 0 Å².